The number of benzene rings is 1. The Balaban J connectivity index is 1.62. The molecule has 2 aromatic heterocycles. The van der Waals surface area contributed by atoms with Crippen LogP contribution in [0.2, 0.25) is 0 Å². The number of nitrogens with zero attached hydrogens (tertiary/aromatic N) is 4. The summed E-state index contributed by atoms with van der Waals surface area (Å²) in [6.45, 7) is 4.82. The molecule has 1 atom stereocenters. The number of rotatable bonds is 3. The third-order valence-corrected chi connectivity index (χ3v) is 5.05. The highest BCUT2D eigenvalue weighted by Crippen LogP contribution is 2.27. The van der Waals surface area contributed by atoms with E-state index in [1.807, 2.05) is 25.1 Å². The average Bonchev–Trinajstić information content (AvgIpc) is 3.25. The number of hydrogen-bond acceptors (Lipinski definition) is 7. The maximum atomic E-state index is 5.51. The van der Waals surface area contributed by atoms with Gasteiger partial charge in [-0.15, -0.1) is 11.3 Å². The average molecular weight is 341 g/mol. The third-order valence-electron chi connectivity index (χ3n) is 4.28. The maximum Gasteiger partial charge on any atom is 0.258 e. The molecule has 1 aliphatic heterocycles. The molecule has 0 amide bonds. The number of hydrogen-bond donors (Lipinski definition) is 1. The molecule has 0 aliphatic carbocycles. The molecule has 3 heterocycles. The summed E-state index contributed by atoms with van der Waals surface area (Å²) in [4.78, 5) is 11.4. The van der Waals surface area contributed by atoms with E-state index in [9.17, 15) is 0 Å². The van der Waals surface area contributed by atoms with E-state index >= 15 is 0 Å². The SMILES string of the molecule is Cc1nc(-c2cccc(-c3nc(C4CNCCN4C)no3)c2)cs1. The van der Waals surface area contributed by atoms with Gasteiger partial charge in [0.15, 0.2) is 5.82 Å². The molecular weight excluding hydrogens is 322 g/mol. The summed E-state index contributed by atoms with van der Waals surface area (Å²) in [5.41, 5.74) is 2.96. The first-order valence-electron chi connectivity index (χ1n) is 7.98. The zero-order valence-corrected chi connectivity index (χ0v) is 14.5. The Kier molecular flexibility index (Phi) is 4.13. The van der Waals surface area contributed by atoms with Crippen molar-refractivity contribution >= 4 is 11.3 Å². The molecule has 24 heavy (non-hydrogen) atoms. The number of piperazine rings is 1. The molecule has 0 spiro atoms. The molecular formula is C17H19N5OS. The number of thiazole rings is 1. The lowest BCUT2D eigenvalue weighted by atomic mass is 10.1. The fourth-order valence-corrected chi connectivity index (χ4v) is 3.51. The lowest BCUT2D eigenvalue weighted by molar-refractivity contribution is 0.190. The van der Waals surface area contributed by atoms with Crippen LogP contribution in [0.3, 0.4) is 0 Å². The van der Waals surface area contributed by atoms with Gasteiger partial charge in [0.2, 0.25) is 0 Å². The molecule has 1 N–H and O–H groups in total. The summed E-state index contributed by atoms with van der Waals surface area (Å²) in [7, 11) is 2.09. The topological polar surface area (TPSA) is 67.1 Å². The van der Waals surface area contributed by atoms with Crippen LogP contribution >= 0.6 is 11.3 Å². The zero-order valence-electron chi connectivity index (χ0n) is 13.7. The minimum Gasteiger partial charge on any atom is -0.334 e. The Hall–Kier alpha value is -2.09. The van der Waals surface area contributed by atoms with Crippen LogP contribution in [-0.4, -0.2) is 46.7 Å². The smallest absolute Gasteiger partial charge is 0.258 e. The van der Waals surface area contributed by atoms with Crippen LogP contribution in [-0.2, 0) is 0 Å². The van der Waals surface area contributed by atoms with Crippen LogP contribution in [0.4, 0.5) is 0 Å². The molecule has 7 heteroatoms. The monoisotopic (exact) mass is 341 g/mol. The number of aryl methyl sites for hydroxylation is 1. The summed E-state index contributed by atoms with van der Waals surface area (Å²) in [6.07, 6.45) is 0. The van der Waals surface area contributed by atoms with E-state index in [0.29, 0.717) is 5.89 Å². The summed E-state index contributed by atoms with van der Waals surface area (Å²) in [5, 5.41) is 10.7. The van der Waals surface area contributed by atoms with Gasteiger partial charge in [-0.25, -0.2) is 4.98 Å². The summed E-state index contributed by atoms with van der Waals surface area (Å²) < 4.78 is 5.51. The van der Waals surface area contributed by atoms with Gasteiger partial charge in [0, 0.05) is 36.1 Å². The lowest BCUT2D eigenvalue weighted by Gasteiger charge is -2.30. The second-order valence-corrected chi connectivity index (χ2v) is 7.05. The van der Waals surface area contributed by atoms with Crippen LogP contribution in [0.5, 0.6) is 0 Å². The Morgan fingerprint density at radius 1 is 1.29 bits per heavy atom. The van der Waals surface area contributed by atoms with Crippen molar-refractivity contribution in [3.8, 4) is 22.7 Å². The summed E-state index contributed by atoms with van der Waals surface area (Å²) in [5.74, 6) is 1.28. The van der Waals surface area contributed by atoms with E-state index in [1.54, 1.807) is 11.3 Å². The minimum absolute atomic E-state index is 0.153. The van der Waals surface area contributed by atoms with E-state index in [-0.39, 0.29) is 6.04 Å². The van der Waals surface area contributed by atoms with E-state index in [1.165, 1.54) is 0 Å². The minimum atomic E-state index is 0.153. The van der Waals surface area contributed by atoms with Crippen molar-refractivity contribution in [3.05, 3.63) is 40.5 Å². The van der Waals surface area contributed by atoms with Gasteiger partial charge in [-0.05, 0) is 26.1 Å². The highest BCUT2D eigenvalue weighted by atomic mass is 32.1. The van der Waals surface area contributed by atoms with Crippen LogP contribution < -0.4 is 5.32 Å². The van der Waals surface area contributed by atoms with Gasteiger partial charge >= 0.3 is 0 Å². The molecule has 1 aromatic carbocycles. The van der Waals surface area contributed by atoms with Gasteiger partial charge in [-0.2, -0.15) is 4.98 Å². The van der Waals surface area contributed by atoms with Crippen molar-refractivity contribution in [1.29, 1.82) is 0 Å². The van der Waals surface area contributed by atoms with Gasteiger partial charge in [0.25, 0.3) is 5.89 Å². The first-order chi connectivity index (χ1) is 11.7. The standard InChI is InChI=1S/C17H19N5OS/c1-11-19-14(10-24-11)12-4-3-5-13(8-12)17-20-16(21-23-17)15-9-18-6-7-22(15)2/h3-5,8,10,15,18H,6-7,9H2,1-2H3. The molecule has 1 saturated heterocycles. The number of aromatic nitrogens is 3. The Bertz CT molecular complexity index is 843. The van der Waals surface area contributed by atoms with Gasteiger partial charge in [0.05, 0.1) is 16.7 Å². The second kappa shape index (κ2) is 6.43. The van der Waals surface area contributed by atoms with Crippen molar-refractivity contribution in [2.75, 3.05) is 26.7 Å². The number of likely N-dealkylation sites (N-methyl/N-ethyl adjacent to an activating group) is 1. The molecule has 0 radical (unpaired) electrons. The molecule has 6 nitrogen and oxygen atoms in total. The van der Waals surface area contributed by atoms with Gasteiger partial charge in [-0.3, -0.25) is 4.90 Å². The Morgan fingerprint density at radius 2 is 2.17 bits per heavy atom. The molecule has 1 fully saturated rings. The van der Waals surface area contributed by atoms with Gasteiger partial charge in [0.1, 0.15) is 0 Å². The molecule has 1 aliphatic rings. The van der Waals surface area contributed by atoms with Crippen LogP contribution in [0, 0.1) is 6.92 Å². The fraction of sp³-hybridized carbons (Fsp3) is 0.353. The van der Waals surface area contributed by atoms with Crippen molar-refractivity contribution in [2.45, 2.75) is 13.0 Å². The van der Waals surface area contributed by atoms with Gasteiger partial charge in [-0.1, -0.05) is 17.3 Å². The van der Waals surface area contributed by atoms with Crippen molar-refractivity contribution in [1.82, 2.24) is 25.3 Å². The van der Waals surface area contributed by atoms with Crippen molar-refractivity contribution in [2.24, 2.45) is 0 Å². The molecule has 4 rings (SSSR count). The van der Waals surface area contributed by atoms with Crippen LogP contribution in [0.15, 0.2) is 34.2 Å². The predicted molar refractivity (Wildman–Crippen MR) is 93.8 cm³/mol. The quantitative estimate of drug-likeness (QED) is 0.790. The van der Waals surface area contributed by atoms with Crippen LogP contribution in [0.25, 0.3) is 22.7 Å². The first-order valence-corrected chi connectivity index (χ1v) is 8.86. The van der Waals surface area contributed by atoms with Crippen molar-refractivity contribution in [3.63, 3.8) is 0 Å². The largest absolute Gasteiger partial charge is 0.334 e. The van der Waals surface area contributed by atoms with E-state index in [4.69, 9.17) is 4.52 Å². The lowest BCUT2D eigenvalue weighted by Crippen LogP contribution is -2.44. The first kappa shape index (κ1) is 15.4. The predicted octanol–water partition coefficient (Wildman–Crippen LogP) is 2.74. The number of nitrogens with one attached hydrogen (secondary N) is 1. The fourth-order valence-electron chi connectivity index (χ4n) is 2.89. The third kappa shape index (κ3) is 2.98. The summed E-state index contributed by atoms with van der Waals surface area (Å²) in [6, 6.07) is 8.24. The summed E-state index contributed by atoms with van der Waals surface area (Å²) >= 11 is 1.65. The zero-order chi connectivity index (χ0) is 16.5. The van der Waals surface area contributed by atoms with Gasteiger partial charge < -0.3 is 9.84 Å². The van der Waals surface area contributed by atoms with E-state index in [2.05, 4.69) is 43.8 Å². The normalized spacial score (nSPS) is 18.8. The molecule has 0 saturated carbocycles. The molecule has 0 bridgehead atoms. The molecule has 3 aromatic rings. The molecule has 124 valence electrons. The van der Waals surface area contributed by atoms with Crippen LogP contribution in [0.1, 0.15) is 16.9 Å². The maximum absolute atomic E-state index is 5.51. The van der Waals surface area contributed by atoms with E-state index in [0.717, 1.165) is 47.3 Å². The highest BCUT2D eigenvalue weighted by molar-refractivity contribution is 7.09. The second-order valence-electron chi connectivity index (χ2n) is 5.99. The molecule has 1 unspecified atom stereocenters. The Morgan fingerprint density at radius 3 is 2.96 bits per heavy atom. The van der Waals surface area contributed by atoms with Crippen molar-refractivity contribution < 1.29 is 4.52 Å². The van der Waals surface area contributed by atoms with E-state index < -0.39 is 0 Å². The highest BCUT2D eigenvalue weighted by Gasteiger charge is 2.25. The Labute approximate surface area is 144 Å².